The molecule has 0 aromatic heterocycles. The number of aliphatic hydroxyl groups is 6. The summed E-state index contributed by atoms with van der Waals surface area (Å²) >= 11 is 0. The summed E-state index contributed by atoms with van der Waals surface area (Å²) in [5.41, 5.74) is 0. The first kappa shape index (κ1) is 26.3. The molecule has 2 saturated heterocycles. The second-order valence-electron chi connectivity index (χ2n) is 7.75. The molecule has 6 N–H and O–H groups in total. The number of carbonyl (C=O) groups excluding carboxylic acids is 1. The molecule has 12 nitrogen and oxygen atoms in total. The molecule has 0 saturated carbocycles. The normalized spacial score (nSPS) is 41.2. The van der Waals surface area contributed by atoms with E-state index in [0.29, 0.717) is 19.3 Å². The molecule has 2 aliphatic heterocycles. The third-order valence-corrected chi connectivity index (χ3v) is 5.46. The predicted octanol–water partition coefficient (Wildman–Crippen LogP) is -2.61. The Morgan fingerprint density at radius 3 is 2.23 bits per heavy atom. The number of unbranched alkanes of at least 4 members (excludes halogenated alkanes) is 2. The quantitative estimate of drug-likeness (QED) is 0.149. The van der Waals surface area contributed by atoms with Gasteiger partial charge >= 0.3 is 5.97 Å². The van der Waals surface area contributed by atoms with Crippen molar-refractivity contribution < 1.29 is 59.1 Å². The standard InChI is InChI=1S/C19H34O12/c1-9-12(22)14(24)16(26)18(29-9)31-17-15(25)13(23)10(8-20)30-19(17)28-7-5-3-4-6-11(21)27-2/h9-10,12-20,22-26H,3-8H2,1-2H3/t9-,10+,12+,13-,14+,15-,16-,17+,18-,19+/m0/s1. The van der Waals surface area contributed by atoms with E-state index in [4.69, 9.17) is 18.9 Å². The molecule has 0 aliphatic carbocycles. The van der Waals surface area contributed by atoms with Gasteiger partial charge in [-0.05, 0) is 19.8 Å². The van der Waals surface area contributed by atoms with Gasteiger partial charge in [0.2, 0.25) is 0 Å². The molecule has 0 spiro atoms. The maximum absolute atomic E-state index is 11.1. The average molecular weight is 454 g/mol. The van der Waals surface area contributed by atoms with E-state index in [1.165, 1.54) is 14.0 Å². The fourth-order valence-corrected chi connectivity index (χ4v) is 3.47. The van der Waals surface area contributed by atoms with Gasteiger partial charge in [-0.25, -0.2) is 0 Å². The monoisotopic (exact) mass is 454 g/mol. The van der Waals surface area contributed by atoms with Gasteiger partial charge < -0.3 is 54.3 Å². The maximum Gasteiger partial charge on any atom is 0.305 e. The van der Waals surface area contributed by atoms with Crippen molar-refractivity contribution in [3.05, 3.63) is 0 Å². The van der Waals surface area contributed by atoms with Crippen LogP contribution in [0.1, 0.15) is 32.6 Å². The summed E-state index contributed by atoms with van der Waals surface area (Å²) in [7, 11) is 1.32. The number of hydrogen-bond donors (Lipinski definition) is 6. The van der Waals surface area contributed by atoms with Gasteiger partial charge in [0.15, 0.2) is 12.6 Å². The first-order chi connectivity index (χ1) is 14.7. The van der Waals surface area contributed by atoms with Crippen LogP contribution in [0, 0.1) is 0 Å². The van der Waals surface area contributed by atoms with Crippen molar-refractivity contribution in [3.63, 3.8) is 0 Å². The van der Waals surface area contributed by atoms with Gasteiger partial charge in [-0.1, -0.05) is 6.42 Å². The van der Waals surface area contributed by atoms with Gasteiger partial charge in [0.25, 0.3) is 0 Å². The Bertz CT molecular complexity index is 548. The van der Waals surface area contributed by atoms with Crippen molar-refractivity contribution >= 4 is 5.97 Å². The number of carbonyl (C=O) groups is 1. The predicted molar refractivity (Wildman–Crippen MR) is 101 cm³/mol. The Kier molecular flexibility index (Phi) is 10.5. The molecule has 31 heavy (non-hydrogen) atoms. The SMILES string of the molecule is COC(=O)CCCCCO[C@@H]1O[C@H](CO)[C@H](O)[C@H](O)[C@H]1O[C@@H]1O[C@@H](C)[C@@H](O)[C@@H](O)[C@@H]1O. The minimum absolute atomic E-state index is 0.165. The molecule has 10 atom stereocenters. The van der Waals surface area contributed by atoms with Gasteiger partial charge in [0.05, 0.1) is 19.8 Å². The minimum Gasteiger partial charge on any atom is -0.469 e. The summed E-state index contributed by atoms with van der Waals surface area (Å²) < 4.78 is 26.7. The van der Waals surface area contributed by atoms with Gasteiger partial charge in [-0.2, -0.15) is 0 Å². The molecule has 2 heterocycles. The van der Waals surface area contributed by atoms with Crippen LogP contribution in [0.4, 0.5) is 0 Å². The zero-order valence-corrected chi connectivity index (χ0v) is 17.6. The van der Waals surface area contributed by atoms with Crippen molar-refractivity contribution in [3.8, 4) is 0 Å². The molecule has 0 unspecified atom stereocenters. The lowest BCUT2D eigenvalue weighted by atomic mass is 9.97. The number of hydrogen-bond acceptors (Lipinski definition) is 12. The van der Waals surface area contributed by atoms with Crippen LogP contribution in [0.25, 0.3) is 0 Å². The summed E-state index contributed by atoms with van der Waals surface area (Å²) in [4.78, 5) is 11.1. The Hall–Kier alpha value is -0.930. The minimum atomic E-state index is -1.62. The molecule has 0 radical (unpaired) electrons. The number of methoxy groups -OCH3 is 1. The molecule has 2 fully saturated rings. The molecule has 0 aromatic rings. The lowest BCUT2D eigenvalue weighted by Crippen LogP contribution is -2.64. The topological polar surface area (TPSA) is 185 Å². The zero-order chi connectivity index (χ0) is 23.1. The van der Waals surface area contributed by atoms with Crippen molar-refractivity contribution in [2.24, 2.45) is 0 Å². The molecular weight excluding hydrogens is 420 g/mol. The highest BCUT2D eigenvalue weighted by Gasteiger charge is 2.50. The van der Waals surface area contributed by atoms with Crippen molar-refractivity contribution in [1.29, 1.82) is 0 Å². The number of esters is 1. The van der Waals surface area contributed by atoms with E-state index in [1.54, 1.807) is 0 Å². The van der Waals surface area contributed by atoms with E-state index < -0.39 is 68.0 Å². The van der Waals surface area contributed by atoms with Gasteiger partial charge in [0, 0.05) is 13.0 Å². The third-order valence-electron chi connectivity index (χ3n) is 5.46. The largest absolute Gasteiger partial charge is 0.469 e. The van der Waals surface area contributed by atoms with Crippen molar-refractivity contribution in [2.75, 3.05) is 20.3 Å². The number of rotatable bonds is 10. The Labute approximate surface area is 180 Å². The van der Waals surface area contributed by atoms with Gasteiger partial charge in [-0.15, -0.1) is 0 Å². The van der Waals surface area contributed by atoms with Crippen molar-refractivity contribution in [2.45, 2.75) is 94.0 Å². The van der Waals surface area contributed by atoms with Crippen LogP contribution in [0.3, 0.4) is 0 Å². The zero-order valence-electron chi connectivity index (χ0n) is 17.6. The first-order valence-corrected chi connectivity index (χ1v) is 10.4. The molecule has 0 amide bonds. The lowest BCUT2D eigenvalue weighted by Gasteiger charge is -2.45. The number of aliphatic hydroxyl groups excluding tert-OH is 6. The van der Waals surface area contributed by atoms with E-state index in [9.17, 15) is 35.4 Å². The fourth-order valence-electron chi connectivity index (χ4n) is 3.47. The van der Waals surface area contributed by atoms with Gasteiger partial charge in [0.1, 0.15) is 42.7 Å². The molecular formula is C19H34O12. The fraction of sp³-hybridized carbons (Fsp3) is 0.947. The molecule has 12 heteroatoms. The van der Waals surface area contributed by atoms with Crippen LogP contribution >= 0.6 is 0 Å². The van der Waals surface area contributed by atoms with Gasteiger partial charge in [-0.3, -0.25) is 4.79 Å². The Morgan fingerprint density at radius 2 is 1.58 bits per heavy atom. The van der Waals surface area contributed by atoms with E-state index in [0.717, 1.165) is 0 Å². The first-order valence-electron chi connectivity index (χ1n) is 10.4. The van der Waals surface area contributed by atoms with Crippen molar-refractivity contribution in [1.82, 2.24) is 0 Å². The maximum atomic E-state index is 11.1. The molecule has 182 valence electrons. The van der Waals surface area contributed by atoms with Crippen LogP contribution in [0.15, 0.2) is 0 Å². The van der Waals surface area contributed by atoms with E-state index in [1.807, 2.05) is 0 Å². The van der Waals surface area contributed by atoms with Crippen LogP contribution in [-0.4, -0.2) is 118 Å². The number of ether oxygens (including phenoxy) is 5. The molecule has 0 aromatic carbocycles. The highest BCUT2D eigenvalue weighted by atomic mass is 16.8. The summed E-state index contributed by atoms with van der Waals surface area (Å²) in [6.45, 7) is 1.07. The van der Waals surface area contributed by atoms with E-state index in [-0.39, 0.29) is 19.0 Å². The highest BCUT2D eigenvalue weighted by molar-refractivity contribution is 5.68. The summed E-state index contributed by atoms with van der Waals surface area (Å²) in [5.74, 6) is -0.305. The second-order valence-corrected chi connectivity index (χ2v) is 7.75. The highest BCUT2D eigenvalue weighted by Crippen LogP contribution is 2.29. The second kappa shape index (κ2) is 12.3. The van der Waals surface area contributed by atoms with E-state index in [2.05, 4.69) is 4.74 Å². The summed E-state index contributed by atoms with van der Waals surface area (Å²) in [6.07, 6.45) is -11.4. The van der Waals surface area contributed by atoms with Crippen LogP contribution in [0.2, 0.25) is 0 Å². The lowest BCUT2D eigenvalue weighted by molar-refractivity contribution is -0.364. The smallest absolute Gasteiger partial charge is 0.305 e. The summed E-state index contributed by atoms with van der Waals surface area (Å²) in [6, 6.07) is 0. The van der Waals surface area contributed by atoms with E-state index >= 15 is 0 Å². The van der Waals surface area contributed by atoms with Crippen LogP contribution < -0.4 is 0 Å². The Balaban J connectivity index is 1.97. The molecule has 2 rings (SSSR count). The average Bonchev–Trinajstić information content (AvgIpc) is 2.76. The third kappa shape index (κ3) is 6.78. The molecule has 2 aliphatic rings. The van der Waals surface area contributed by atoms with Crippen LogP contribution in [0.5, 0.6) is 0 Å². The Morgan fingerprint density at radius 1 is 0.871 bits per heavy atom. The summed E-state index contributed by atoms with van der Waals surface area (Å²) in [5, 5.41) is 60.0. The van der Waals surface area contributed by atoms with Crippen LogP contribution in [-0.2, 0) is 28.5 Å². The molecule has 0 bridgehead atoms.